The van der Waals surface area contributed by atoms with Crippen molar-refractivity contribution < 1.29 is 52.7 Å². The minimum Gasteiger partial charge on any atom is -0.493 e. The van der Waals surface area contributed by atoms with Crippen LogP contribution in [-0.2, 0) is 45.4 Å². The molecular weight excluding hydrogens is 579 g/mol. The Morgan fingerprint density at radius 1 is 0.750 bits per heavy atom. The van der Waals surface area contributed by atoms with E-state index in [0.717, 1.165) is 11.1 Å². The van der Waals surface area contributed by atoms with Gasteiger partial charge in [-0.1, -0.05) is 13.8 Å². The molecule has 2 N–H and O–H groups in total. The number of hydrogen-bond donors (Lipinski definition) is 2. The number of hydrogen-bond acceptors (Lipinski definition) is 8. The number of carbonyl (C=O) groups is 4. The van der Waals surface area contributed by atoms with Gasteiger partial charge < -0.3 is 39.0 Å². The Kier molecular flexibility index (Phi) is 10.2. The number of benzene rings is 2. The Morgan fingerprint density at radius 2 is 1.23 bits per heavy atom. The molecule has 0 aromatic heterocycles. The van der Waals surface area contributed by atoms with Crippen LogP contribution in [0.1, 0.15) is 55.4 Å². The Bertz CT molecular complexity index is 1450. The monoisotopic (exact) mass is 616 g/mol. The van der Waals surface area contributed by atoms with Crippen LogP contribution in [0.2, 0.25) is 0 Å². The topological polar surface area (TPSA) is 152 Å². The van der Waals surface area contributed by atoms with Crippen molar-refractivity contribution in [2.24, 2.45) is 11.8 Å². The van der Waals surface area contributed by atoms with Gasteiger partial charge in [-0.2, -0.15) is 0 Å². The van der Waals surface area contributed by atoms with Crippen molar-refractivity contribution in [3.63, 3.8) is 0 Å². The van der Waals surface area contributed by atoms with Gasteiger partial charge in [-0.25, -0.2) is 4.39 Å². The largest absolute Gasteiger partial charge is 0.493 e. The minimum atomic E-state index is -1.07. The third kappa shape index (κ3) is 7.14. The van der Waals surface area contributed by atoms with E-state index < -0.39 is 29.6 Å². The van der Waals surface area contributed by atoms with Crippen molar-refractivity contribution in [2.45, 2.75) is 59.3 Å². The quantitative estimate of drug-likeness (QED) is 0.301. The molecule has 2 aromatic carbocycles. The molecule has 0 fully saturated rings. The van der Waals surface area contributed by atoms with Crippen LogP contribution in [0.25, 0.3) is 0 Å². The van der Waals surface area contributed by atoms with Crippen LogP contribution < -0.4 is 18.9 Å². The first-order chi connectivity index (χ1) is 20.9. The maximum absolute atomic E-state index is 15.3. The van der Waals surface area contributed by atoms with Crippen molar-refractivity contribution in [1.82, 2.24) is 9.80 Å². The summed E-state index contributed by atoms with van der Waals surface area (Å²) >= 11 is 0. The molecule has 2 aliphatic heterocycles. The molecule has 2 aromatic rings. The van der Waals surface area contributed by atoms with Gasteiger partial charge in [-0.15, -0.1) is 0 Å². The molecule has 2 heterocycles. The first-order valence-electron chi connectivity index (χ1n) is 14.3. The summed E-state index contributed by atoms with van der Waals surface area (Å²) in [7, 11) is 2.84. The Labute approximate surface area is 254 Å². The van der Waals surface area contributed by atoms with Crippen LogP contribution in [0.3, 0.4) is 0 Å². The summed E-state index contributed by atoms with van der Waals surface area (Å²) in [5.41, 5.74) is 2.67. The molecule has 13 heteroatoms. The molecule has 0 radical (unpaired) electrons. The fourth-order valence-corrected chi connectivity index (χ4v) is 5.17. The summed E-state index contributed by atoms with van der Waals surface area (Å²) in [5.74, 6) is -3.83. The highest BCUT2D eigenvalue weighted by Gasteiger charge is 2.32. The van der Waals surface area contributed by atoms with Gasteiger partial charge in [0.05, 0.1) is 39.3 Å². The smallest absolute Gasteiger partial charge is 0.306 e. The number of nitrogens with zero attached hydrogens (tertiary/aromatic N) is 2. The van der Waals surface area contributed by atoms with Crippen LogP contribution in [-0.4, -0.2) is 71.2 Å². The lowest BCUT2D eigenvalue weighted by Gasteiger charge is -2.16. The number of ether oxygens (including phenoxy) is 4. The summed E-state index contributed by atoms with van der Waals surface area (Å²) in [4.78, 5) is 50.4. The summed E-state index contributed by atoms with van der Waals surface area (Å²) in [6.45, 7) is 4.23. The SMILES string of the molecule is COc1cc2c(cc1OCCCOc1cc3c(c(F)c1OC)CN(C(=O)C[C@H](C)C(=O)O)C3)CN(C(=O)C[C@H](C)C(=O)O)C2. The van der Waals surface area contributed by atoms with E-state index in [4.69, 9.17) is 29.2 Å². The summed E-state index contributed by atoms with van der Waals surface area (Å²) in [6.07, 6.45) is 0.172. The first kappa shape index (κ1) is 32.4. The Morgan fingerprint density at radius 3 is 1.75 bits per heavy atom. The number of fused-ring (bicyclic) bond motifs is 2. The zero-order chi connectivity index (χ0) is 32.1. The van der Waals surface area contributed by atoms with E-state index in [1.54, 1.807) is 11.0 Å². The van der Waals surface area contributed by atoms with Gasteiger partial charge in [0, 0.05) is 51.0 Å². The predicted molar refractivity (Wildman–Crippen MR) is 153 cm³/mol. The predicted octanol–water partition coefficient (Wildman–Crippen LogP) is 3.60. The highest BCUT2D eigenvalue weighted by atomic mass is 19.1. The van der Waals surface area contributed by atoms with Crippen molar-refractivity contribution >= 4 is 23.8 Å². The Hall–Kier alpha value is -4.55. The fourth-order valence-electron chi connectivity index (χ4n) is 5.17. The van der Waals surface area contributed by atoms with E-state index in [1.165, 1.54) is 33.0 Å². The molecule has 0 unspecified atom stereocenters. The Balaban J connectivity index is 1.33. The standard InChI is InChI=1S/C31H37FN2O10/c1-17(30(37)38)8-26(35)33-13-19-10-23(41-3)24(11-20(19)14-33)43-6-5-7-44-25-12-21-15-34(27(36)9-18(2)31(39)40)16-22(21)28(32)29(25)42-4/h10-12,17-18H,5-9,13-16H2,1-4H3,(H,37,38)(H,39,40)/t17-,18-/m0/s1. The summed E-state index contributed by atoms with van der Waals surface area (Å²) in [6, 6.07) is 5.26. The normalized spacial score (nSPS) is 14.8. The van der Waals surface area contributed by atoms with Crippen LogP contribution in [0, 0.1) is 17.7 Å². The number of carbonyl (C=O) groups excluding carboxylic acids is 2. The maximum atomic E-state index is 15.3. The van der Waals surface area contributed by atoms with Crippen molar-refractivity contribution in [1.29, 1.82) is 0 Å². The third-order valence-electron chi connectivity index (χ3n) is 7.82. The van der Waals surface area contributed by atoms with Crippen LogP contribution in [0.4, 0.5) is 4.39 Å². The average molecular weight is 617 g/mol. The maximum Gasteiger partial charge on any atom is 0.306 e. The van der Waals surface area contributed by atoms with Gasteiger partial charge in [0.2, 0.25) is 11.8 Å². The lowest BCUT2D eigenvalue weighted by molar-refractivity contribution is -0.145. The molecule has 2 atom stereocenters. The van der Waals surface area contributed by atoms with E-state index in [-0.39, 0.29) is 62.5 Å². The second-order valence-electron chi connectivity index (χ2n) is 11.1. The van der Waals surface area contributed by atoms with E-state index in [2.05, 4.69) is 0 Å². The van der Waals surface area contributed by atoms with Crippen LogP contribution in [0.15, 0.2) is 18.2 Å². The van der Waals surface area contributed by atoms with Crippen LogP contribution >= 0.6 is 0 Å². The molecule has 0 aliphatic carbocycles. The molecule has 0 saturated heterocycles. The number of halogens is 1. The number of methoxy groups -OCH3 is 2. The van der Waals surface area contributed by atoms with Gasteiger partial charge >= 0.3 is 11.9 Å². The molecule has 0 spiro atoms. The zero-order valence-electron chi connectivity index (χ0n) is 25.2. The number of rotatable bonds is 14. The lowest BCUT2D eigenvalue weighted by Crippen LogP contribution is -2.28. The minimum absolute atomic E-state index is 0.0206. The lowest BCUT2D eigenvalue weighted by atomic mass is 10.1. The molecule has 12 nitrogen and oxygen atoms in total. The second-order valence-corrected chi connectivity index (χ2v) is 11.1. The second kappa shape index (κ2) is 13.8. The number of carboxylic acid groups (broad SMARTS) is 2. The van der Waals surface area contributed by atoms with Crippen LogP contribution in [0.5, 0.6) is 23.0 Å². The number of carboxylic acids is 2. The molecule has 4 rings (SSSR count). The summed E-state index contributed by atoms with van der Waals surface area (Å²) < 4.78 is 37.8. The van der Waals surface area contributed by atoms with E-state index >= 15 is 4.39 Å². The van der Waals surface area contributed by atoms with E-state index in [1.807, 2.05) is 12.1 Å². The average Bonchev–Trinajstić information content (AvgIpc) is 3.61. The van der Waals surface area contributed by atoms with E-state index in [0.29, 0.717) is 42.1 Å². The molecule has 2 amide bonds. The molecular formula is C31H37FN2O10. The van der Waals surface area contributed by atoms with Gasteiger partial charge in [0.15, 0.2) is 28.8 Å². The molecule has 0 bridgehead atoms. The highest BCUT2D eigenvalue weighted by Crippen LogP contribution is 2.39. The van der Waals surface area contributed by atoms with Gasteiger partial charge in [0.25, 0.3) is 0 Å². The van der Waals surface area contributed by atoms with Gasteiger partial charge in [0.1, 0.15) is 0 Å². The fraction of sp³-hybridized carbons (Fsp3) is 0.484. The van der Waals surface area contributed by atoms with Crippen molar-refractivity contribution in [2.75, 3.05) is 27.4 Å². The number of amides is 2. The van der Waals surface area contributed by atoms with Gasteiger partial charge in [-0.3, -0.25) is 19.2 Å². The zero-order valence-corrected chi connectivity index (χ0v) is 25.2. The molecule has 238 valence electrons. The van der Waals surface area contributed by atoms with Crippen molar-refractivity contribution in [3.05, 3.63) is 46.3 Å². The van der Waals surface area contributed by atoms with Gasteiger partial charge in [-0.05, 0) is 34.9 Å². The summed E-state index contributed by atoms with van der Waals surface area (Å²) in [5, 5.41) is 18.2. The first-order valence-corrected chi connectivity index (χ1v) is 14.3. The number of aliphatic carboxylic acids is 2. The third-order valence-corrected chi connectivity index (χ3v) is 7.82. The molecule has 0 saturated carbocycles. The van der Waals surface area contributed by atoms with E-state index in [9.17, 15) is 19.2 Å². The molecule has 44 heavy (non-hydrogen) atoms. The molecule has 2 aliphatic rings. The highest BCUT2D eigenvalue weighted by molar-refractivity contribution is 5.83. The van der Waals surface area contributed by atoms with Crippen molar-refractivity contribution in [3.8, 4) is 23.0 Å².